The Kier molecular flexibility index (Phi) is 7.26. The Hall–Kier alpha value is -4.97. The number of aryl methyl sites for hydroxylation is 1. The van der Waals surface area contributed by atoms with Crippen molar-refractivity contribution in [1.29, 1.82) is 5.26 Å². The average molecular weight is 509 g/mol. The summed E-state index contributed by atoms with van der Waals surface area (Å²) in [6.07, 6.45) is 4.61. The van der Waals surface area contributed by atoms with E-state index in [1.54, 1.807) is 51.2 Å². The Bertz CT molecular complexity index is 1590. The van der Waals surface area contributed by atoms with E-state index in [1.165, 1.54) is 37.6 Å². The molecule has 4 rings (SSSR count). The van der Waals surface area contributed by atoms with Gasteiger partial charge >= 0.3 is 0 Å². The minimum absolute atomic E-state index is 0.0117. The quantitative estimate of drug-likeness (QED) is 0.375. The Labute approximate surface area is 219 Å². The summed E-state index contributed by atoms with van der Waals surface area (Å²) in [5.41, 5.74) is 3.52. The van der Waals surface area contributed by atoms with Crippen LogP contribution in [0.4, 0.5) is 10.1 Å². The number of carbonyl (C=O) groups excluding carboxylic acids is 2. The molecule has 0 unspecified atom stereocenters. The highest BCUT2D eigenvalue weighted by molar-refractivity contribution is 6.04. The van der Waals surface area contributed by atoms with Gasteiger partial charge < -0.3 is 10.6 Å². The van der Waals surface area contributed by atoms with Gasteiger partial charge in [0, 0.05) is 36.8 Å². The van der Waals surface area contributed by atoms with Gasteiger partial charge in [-0.2, -0.15) is 5.26 Å². The van der Waals surface area contributed by atoms with Gasteiger partial charge in [0.05, 0.1) is 28.6 Å². The van der Waals surface area contributed by atoms with Crippen LogP contribution in [0.5, 0.6) is 0 Å². The predicted molar refractivity (Wildman–Crippen MR) is 142 cm³/mol. The number of carbonyl (C=O) groups is 2. The summed E-state index contributed by atoms with van der Waals surface area (Å²) in [4.78, 5) is 37.7. The first-order chi connectivity index (χ1) is 18.1. The van der Waals surface area contributed by atoms with Crippen molar-refractivity contribution in [3.63, 3.8) is 0 Å². The van der Waals surface area contributed by atoms with Crippen molar-refractivity contribution < 1.29 is 14.0 Å². The molecule has 0 aliphatic rings. The van der Waals surface area contributed by atoms with Gasteiger partial charge in [-0.25, -0.2) is 4.39 Å². The second-order valence-electron chi connectivity index (χ2n) is 9.21. The Morgan fingerprint density at radius 2 is 1.63 bits per heavy atom. The molecule has 0 fully saturated rings. The van der Waals surface area contributed by atoms with Gasteiger partial charge in [0.25, 0.3) is 11.8 Å². The average Bonchev–Trinajstić information content (AvgIpc) is 2.94. The number of amides is 2. The van der Waals surface area contributed by atoms with Crippen molar-refractivity contribution in [3.8, 4) is 28.5 Å². The molecule has 0 radical (unpaired) electrons. The molecule has 4 aromatic rings. The first-order valence-corrected chi connectivity index (χ1v) is 11.8. The second-order valence-corrected chi connectivity index (χ2v) is 9.21. The number of halogens is 1. The predicted octanol–water partition coefficient (Wildman–Crippen LogP) is 5.07. The number of benzene rings is 1. The topological polar surface area (TPSA) is 121 Å². The van der Waals surface area contributed by atoms with Gasteiger partial charge in [0.1, 0.15) is 11.5 Å². The SMILES string of the molecule is CNC(=O)c1cc(-c2cc(-c3cc(NC(=O)c4ccnc(C(C)(C)C#N)c4)c(F)cc3C)ccn2)ccn1. The molecule has 9 heteroatoms. The first-order valence-electron chi connectivity index (χ1n) is 11.8. The molecule has 0 saturated carbocycles. The second kappa shape index (κ2) is 10.6. The van der Waals surface area contributed by atoms with Gasteiger partial charge in [-0.05, 0) is 86.0 Å². The highest BCUT2D eigenvalue weighted by Crippen LogP contribution is 2.31. The number of nitrogens with one attached hydrogen (secondary N) is 2. The molecule has 0 bridgehead atoms. The van der Waals surface area contributed by atoms with Crippen LogP contribution in [0.15, 0.2) is 67.1 Å². The van der Waals surface area contributed by atoms with Crippen molar-refractivity contribution in [3.05, 3.63) is 95.5 Å². The molecule has 0 atom stereocenters. The zero-order chi connectivity index (χ0) is 27.4. The minimum Gasteiger partial charge on any atom is -0.354 e. The molecule has 3 heterocycles. The Morgan fingerprint density at radius 3 is 2.37 bits per heavy atom. The third-order valence-corrected chi connectivity index (χ3v) is 6.09. The molecule has 8 nitrogen and oxygen atoms in total. The lowest BCUT2D eigenvalue weighted by Crippen LogP contribution is -2.19. The fraction of sp³-hybridized carbons (Fsp3) is 0.172. The van der Waals surface area contributed by atoms with Gasteiger partial charge in [-0.15, -0.1) is 0 Å². The molecule has 0 aliphatic carbocycles. The van der Waals surface area contributed by atoms with Crippen LogP contribution >= 0.6 is 0 Å². The van der Waals surface area contributed by atoms with Gasteiger partial charge in [-0.1, -0.05) is 0 Å². The lowest BCUT2D eigenvalue weighted by Gasteiger charge is -2.16. The van der Waals surface area contributed by atoms with Crippen LogP contribution in [0, 0.1) is 24.1 Å². The number of nitriles is 1. The maximum atomic E-state index is 14.9. The third-order valence-electron chi connectivity index (χ3n) is 6.09. The first kappa shape index (κ1) is 26.1. The molecular weight excluding hydrogens is 483 g/mol. The van der Waals surface area contributed by atoms with Crippen LogP contribution in [-0.4, -0.2) is 33.8 Å². The maximum absolute atomic E-state index is 14.9. The van der Waals surface area contributed by atoms with E-state index in [4.69, 9.17) is 0 Å². The van der Waals surface area contributed by atoms with E-state index in [-0.39, 0.29) is 22.9 Å². The van der Waals surface area contributed by atoms with Crippen molar-refractivity contribution in [2.45, 2.75) is 26.2 Å². The standard InChI is InChI=1S/C29H25FN6O2/c1-17-11-22(30)24(36-27(37)20-7-10-35-26(14-20)29(2,3)16-31)15-21(17)18-5-8-33-23(12-18)19-6-9-34-25(13-19)28(38)32-4/h5-15H,1-4H3,(H,32,38)(H,36,37). The summed E-state index contributed by atoms with van der Waals surface area (Å²) in [7, 11) is 1.53. The summed E-state index contributed by atoms with van der Waals surface area (Å²) < 4.78 is 14.9. The zero-order valence-electron chi connectivity index (χ0n) is 21.3. The Balaban J connectivity index is 1.67. The van der Waals surface area contributed by atoms with E-state index in [0.29, 0.717) is 28.1 Å². The van der Waals surface area contributed by atoms with E-state index < -0.39 is 17.1 Å². The van der Waals surface area contributed by atoms with E-state index in [2.05, 4.69) is 31.7 Å². The maximum Gasteiger partial charge on any atom is 0.269 e. The number of nitrogens with zero attached hydrogens (tertiary/aromatic N) is 4. The largest absolute Gasteiger partial charge is 0.354 e. The fourth-order valence-electron chi connectivity index (χ4n) is 3.84. The smallest absolute Gasteiger partial charge is 0.269 e. The van der Waals surface area contributed by atoms with Crippen molar-refractivity contribution in [2.24, 2.45) is 0 Å². The monoisotopic (exact) mass is 508 g/mol. The van der Waals surface area contributed by atoms with Gasteiger partial charge in [0.15, 0.2) is 0 Å². The number of hydrogen-bond donors (Lipinski definition) is 2. The molecule has 3 aromatic heterocycles. The molecular formula is C29H25FN6O2. The summed E-state index contributed by atoms with van der Waals surface area (Å²) >= 11 is 0. The van der Waals surface area contributed by atoms with Crippen LogP contribution in [0.1, 0.15) is 46.0 Å². The van der Waals surface area contributed by atoms with Gasteiger partial charge in [0.2, 0.25) is 0 Å². The summed E-state index contributed by atoms with van der Waals surface area (Å²) in [5, 5.41) is 14.6. The van der Waals surface area contributed by atoms with E-state index in [0.717, 1.165) is 5.56 Å². The van der Waals surface area contributed by atoms with Crippen molar-refractivity contribution in [1.82, 2.24) is 20.3 Å². The summed E-state index contributed by atoms with van der Waals surface area (Å²) in [6.45, 7) is 5.19. The molecule has 38 heavy (non-hydrogen) atoms. The van der Waals surface area contributed by atoms with E-state index in [1.807, 2.05) is 6.07 Å². The summed E-state index contributed by atoms with van der Waals surface area (Å²) in [5.74, 6) is -1.41. The normalized spacial score (nSPS) is 10.9. The van der Waals surface area contributed by atoms with Crippen LogP contribution in [0.3, 0.4) is 0 Å². The minimum atomic E-state index is -0.881. The molecule has 0 saturated heterocycles. The van der Waals surface area contributed by atoms with Crippen LogP contribution in [-0.2, 0) is 5.41 Å². The number of hydrogen-bond acceptors (Lipinski definition) is 6. The molecule has 190 valence electrons. The molecule has 2 N–H and O–H groups in total. The lowest BCUT2D eigenvalue weighted by atomic mass is 9.90. The number of rotatable bonds is 6. The molecule has 0 aliphatic heterocycles. The van der Waals surface area contributed by atoms with Crippen LogP contribution in [0.25, 0.3) is 22.4 Å². The molecule has 1 aromatic carbocycles. The van der Waals surface area contributed by atoms with Crippen molar-refractivity contribution >= 4 is 17.5 Å². The zero-order valence-corrected chi connectivity index (χ0v) is 21.3. The highest BCUT2D eigenvalue weighted by atomic mass is 19.1. The number of aromatic nitrogens is 3. The van der Waals surface area contributed by atoms with Crippen LogP contribution < -0.4 is 10.6 Å². The van der Waals surface area contributed by atoms with Gasteiger partial charge in [-0.3, -0.25) is 24.5 Å². The molecule has 2 amide bonds. The van der Waals surface area contributed by atoms with Crippen LogP contribution in [0.2, 0.25) is 0 Å². The summed E-state index contributed by atoms with van der Waals surface area (Å²) in [6, 6.07) is 15.1. The molecule has 0 spiro atoms. The Morgan fingerprint density at radius 1 is 0.921 bits per heavy atom. The number of anilines is 1. The van der Waals surface area contributed by atoms with E-state index in [9.17, 15) is 19.2 Å². The number of pyridine rings is 3. The fourth-order valence-corrected chi connectivity index (χ4v) is 3.84. The third kappa shape index (κ3) is 5.39. The highest BCUT2D eigenvalue weighted by Gasteiger charge is 2.23. The van der Waals surface area contributed by atoms with E-state index >= 15 is 0 Å². The lowest BCUT2D eigenvalue weighted by molar-refractivity contribution is 0.0957. The van der Waals surface area contributed by atoms with Crippen molar-refractivity contribution in [2.75, 3.05) is 12.4 Å².